The van der Waals surface area contributed by atoms with Gasteiger partial charge in [-0.1, -0.05) is 12.1 Å². The summed E-state index contributed by atoms with van der Waals surface area (Å²) in [7, 11) is 1.67. The molecule has 0 aliphatic carbocycles. The highest BCUT2D eigenvalue weighted by atomic mass is 16.3. The zero-order valence-electron chi connectivity index (χ0n) is 11.2. The molecular weight excluding hydrogens is 258 g/mol. The fraction of sp³-hybridized carbons (Fsp3) is 0.308. The van der Waals surface area contributed by atoms with Gasteiger partial charge in [0.1, 0.15) is 17.9 Å². The quantitative estimate of drug-likeness (QED) is 0.714. The van der Waals surface area contributed by atoms with Gasteiger partial charge in [0.15, 0.2) is 0 Å². The molecule has 0 saturated heterocycles. The molecule has 1 unspecified atom stereocenters. The molecule has 0 bridgehead atoms. The first-order valence-corrected chi connectivity index (χ1v) is 6.19. The highest BCUT2D eigenvalue weighted by Crippen LogP contribution is 2.11. The average Bonchev–Trinajstić information content (AvgIpc) is 2.93. The van der Waals surface area contributed by atoms with Crippen LogP contribution in [-0.4, -0.2) is 44.2 Å². The number of carbonyl (C=O) groups is 1. The van der Waals surface area contributed by atoms with Crippen LogP contribution in [0.1, 0.15) is 11.4 Å². The minimum atomic E-state index is -0.632. The largest absolute Gasteiger partial charge is 0.508 e. The zero-order valence-corrected chi connectivity index (χ0v) is 11.2. The predicted molar refractivity (Wildman–Crippen MR) is 72.6 cm³/mol. The number of phenolic OH excluding ortho intramolecular Hbond substituents is 1. The van der Waals surface area contributed by atoms with E-state index in [1.807, 2.05) is 0 Å². The van der Waals surface area contributed by atoms with Gasteiger partial charge < -0.3 is 15.7 Å². The first kappa shape index (κ1) is 14.0. The van der Waals surface area contributed by atoms with E-state index in [-0.39, 0.29) is 11.7 Å². The van der Waals surface area contributed by atoms with Crippen molar-refractivity contribution in [2.75, 3.05) is 7.05 Å². The highest BCUT2D eigenvalue weighted by Gasteiger charge is 2.19. The molecule has 1 aromatic heterocycles. The minimum absolute atomic E-state index is 0.172. The van der Waals surface area contributed by atoms with Crippen molar-refractivity contribution in [3.05, 3.63) is 42.0 Å². The number of carbonyl (C=O) groups excluding carboxylic acids is 1. The number of nitrogens with two attached hydrogens (primary N) is 1. The van der Waals surface area contributed by atoms with Crippen LogP contribution >= 0.6 is 0 Å². The maximum absolute atomic E-state index is 12.1. The molecule has 2 rings (SSSR count). The molecule has 0 fully saturated rings. The Hall–Kier alpha value is -2.41. The van der Waals surface area contributed by atoms with Crippen molar-refractivity contribution < 1.29 is 9.90 Å². The summed E-state index contributed by atoms with van der Waals surface area (Å²) in [5.74, 6) is 0.628. The third-order valence-corrected chi connectivity index (χ3v) is 2.94. The van der Waals surface area contributed by atoms with Crippen molar-refractivity contribution in [3.63, 3.8) is 0 Å². The molecule has 20 heavy (non-hydrogen) atoms. The lowest BCUT2D eigenvalue weighted by Crippen LogP contribution is -2.42. The predicted octanol–water partition coefficient (Wildman–Crippen LogP) is 0.0387. The van der Waals surface area contributed by atoms with E-state index < -0.39 is 6.04 Å². The molecule has 1 heterocycles. The minimum Gasteiger partial charge on any atom is -0.508 e. The Balaban J connectivity index is 1.92. The molecule has 0 saturated carbocycles. The van der Waals surface area contributed by atoms with Gasteiger partial charge in [-0.15, -0.1) is 0 Å². The monoisotopic (exact) mass is 275 g/mol. The lowest BCUT2D eigenvalue weighted by atomic mass is 10.1. The number of aromatic nitrogens is 3. The Morgan fingerprint density at radius 1 is 1.45 bits per heavy atom. The van der Waals surface area contributed by atoms with Crippen LogP contribution in [0.25, 0.3) is 0 Å². The second-order valence-electron chi connectivity index (χ2n) is 4.60. The summed E-state index contributed by atoms with van der Waals surface area (Å²) in [5.41, 5.74) is 6.82. The Morgan fingerprint density at radius 3 is 2.75 bits per heavy atom. The number of benzene rings is 1. The van der Waals surface area contributed by atoms with E-state index in [4.69, 9.17) is 5.73 Å². The van der Waals surface area contributed by atoms with Crippen LogP contribution in [0.4, 0.5) is 0 Å². The smallest absolute Gasteiger partial charge is 0.239 e. The number of hydrogen-bond donors (Lipinski definition) is 3. The summed E-state index contributed by atoms with van der Waals surface area (Å²) in [6.07, 6.45) is 1.81. The number of likely N-dealkylation sites (N-methyl/N-ethyl adjacent to an activating group) is 1. The Bertz CT molecular complexity index is 553. The molecule has 0 aliphatic rings. The maximum Gasteiger partial charge on any atom is 0.239 e. The molecule has 7 nitrogen and oxygen atoms in total. The number of rotatable bonds is 5. The third-order valence-electron chi connectivity index (χ3n) is 2.94. The van der Waals surface area contributed by atoms with Crippen LogP contribution < -0.4 is 5.73 Å². The van der Waals surface area contributed by atoms with Crippen molar-refractivity contribution in [3.8, 4) is 5.75 Å². The lowest BCUT2D eigenvalue weighted by molar-refractivity contribution is -0.131. The first-order valence-electron chi connectivity index (χ1n) is 6.19. The third kappa shape index (κ3) is 3.55. The van der Waals surface area contributed by atoms with Gasteiger partial charge in [-0.25, -0.2) is 4.98 Å². The van der Waals surface area contributed by atoms with Gasteiger partial charge >= 0.3 is 0 Å². The molecule has 7 heteroatoms. The van der Waals surface area contributed by atoms with Gasteiger partial charge in [0.05, 0.1) is 12.6 Å². The molecule has 2 aromatic rings. The standard InChI is InChI=1S/C13H17N5O2/c1-18(7-12-15-8-16-17-12)13(20)11(14)6-9-2-4-10(19)5-3-9/h2-5,8,11,19H,6-7,14H2,1H3,(H,15,16,17). The summed E-state index contributed by atoms with van der Waals surface area (Å²) >= 11 is 0. The summed E-state index contributed by atoms with van der Waals surface area (Å²) < 4.78 is 0. The number of hydrogen-bond acceptors (Lipinski definition) is 5. The molecule has 106 valence electrons. The van der Waals surface area contributed by atoms with Crippen LogP contribution in [-0.2, 0) is 17.8 Å². The second kappa shape index (κ2) is 6.16. The number of nitrogens with one attached hydrogen (secondary N) is 1. The van der Waals surface area contributed by atoms with Gasteiger partial charge in [-0.05, 0) is 24.1 Å². The normalized spacial score (nSPS) is 12.1. The number of nitrogens with zero attached hydrogens (tertiary/aromatic N) is 3. The number of aromatic hydroxyl groups is 1. The fourth-order valence-corrected chi connectivity index (χ4v) is 1.87. The van der Waals surface area contributed by atoms with Gasteiger partial charge in [-0.2, -0.15) is 5.10 Å². The molecule has 1 aromatic carbocycles. The van der Waals surface area contributed by atoms with Crippen molar-refractivity contribution in [2.45, 2.75) is 19.0 Å². The van der Waals surface area contributed by atoms with Crippen LogP contribution in [0, 0.1) is 0 Å². The van der Waals surface area contributed by atoms with Crippen LogP contribution in [0.3, 0.4) is 0 Å². The molecule has 4 N–H and O–H groups in total. The molecule has 0 radical (unpaired) electrons. The number of phenols is 1. The molecule has 1 amide bonds. The van der Waals surface area contributed by atoms with Gasteiger partial charge in [-0.3, -0.25) is 9.89 Å². The van der Waals surface area contributed by atoms with Gasteiger partial charge in [0.2, 0.25) is 5.91 Å². The van der Waals surface area contributed by atoms with Crippen molar-refractivity contribution in [1.82, 2.24) is 20.1 Å². The van der Waals surface area contributed by atoms with Gasteiger partial charge in [0, 0.05) is 7.05 Å². The lowest BCUT2D eigenvalue weighted by Gasteiger charge is -2.20. The average molecular weight is 275 g/mol. The maximum atomic E-state index is 12.1. The van der Waals surface area contributed by atoms with Crippen LogP contribution in [0.2, 0.25) is 0 Å². The molecule has 1 atom stereocenters. The number of H-pyrrole nitrogens is 1. The van der Waals surface area contributed by atoms with Gasteiger partial charge in [0.25, 0.3) is 0 Å². The van der Waals surface area contributed by atoms with Crippen molar-refractivity contribution in [1.29, 1.82) is 0 Å². The number of amides is 1. The van der Waals surface area contributed by atoms with Crippen LogP contribution in [0.5, 0.6) is 5.75 Å². The van der Waals surface area contributed by atoms with Crippen molar-refractivity contribution in [2.24, 2.45) is 5.73 Å². The van der Waals surface area contributed by atoms with E-state index in [2.05, 4.69) is 15.2 Å². The number of aromatic amines is 1. The Kier molecular flexibility index (Phi) is 4.31. The fourth-order valence-electron chi connectivity index (χ4n) is 1.87. The highest BCUT2D eigenvalue weighted by molar-refractivity contribution is 5.81. The summed E-state index contributed by atoms with van der Waals surface area (Å²) in [4.78, 5) is 17.6. The van der Waals surface area contributed by atoms with E-state index in [9.17, 15) is 9.90 Å². The SMILES string of the molecule is CN(Cc1ncn[nH]1)C(=O)C(N)Cc1ccc(O)cc1. The topological polar surface area (TPSA) is 108 Å². The van der Waals surface area contributed by atoms with E-state index in [1.165, 1.54) is 11.2 Å². The van der Waals surface area contributed by atoms with Crippen LogP contribution in [0.15, 0.2) is 30.6 Å². The van der Waals surface area contributed by atoms with E-state index in [1.54, 1.807) is 31.3 Å². The van der Waals surface area contributed by atoms with Crippen molar-refractivity contribution >= 4 is 5.91 Å². The zero-order chi connectivity index (χ0) is 14.5. The summed E-state index contributed by atoms with van der Waals surface area (Å²) in [6.45, 7) is 0.335. The summed E-state index contributed by atoms with van der Waals surface area (Å²) in [5, 5.41) is 15.6. The van der Waals surface area contributed by atoms with E-state index in [0.717, 1.165) is 5.56 Å². The first-order chi connectivity index (χ1) is 9.56. The van der Waals surface area contributed by atoms with E-state index in [0.29, 0.717) is 18.8 Å². The molecular formula is C13H17N5O2. The molecule has 0 aliphatic heterocycles. The Morgan fingerprint density at radius 2 is 2.15 bits per heavy atom. The summed E-state index contributed by atoms with van der Waals surface area (Å²) in [6, 6.07) is 6.01. The molecule has 0 spiro atoms. The Labute approximate surface area is 116 Å². The second-order valence-corrected chi connectivity index (χ2v) is 4.60. The van der Waals surface area contributed by atoms with E-state index >= 15 is 0 Å².